The molecule has 28 heavy (non-hydrogen) atoms. The summed E-state index contributed by atoms with van der Waals surface area (Å²) in [4.78, 5) is 29.9. The Labute approximate surface area is 159 Å². The molecule has 0 radical (unpaired) electrons. The Morgan fingerprint density at radius 1 is 0.607 bits per heavy atom. The third kappa shape index (κ3) is 4.31. The van der Waals surface area contributed by atoms with E-state index in [0.717, 1.165) is 0 Å². The number of benzene rings is 3. The lowest BCUT2D eigenvalue weighted by molar-refractivity contribution is -0.385. The Kier molecular flexibility index (Phi) is 5.61. The van der Waals surface area contributed by atoms with Gasteiger partial charge in [-0.2, -0.15) is 0 Å². The molecular weight excluding hydrogens is 360 g/mol. The van der Waals surface area contributed by atoms with E-state index < -0.39 is 9.85 Å². The van der Waals surface area contributed by atoms with E-state index in [1.165, 1.54) is 24.6 Å². The van der Waals surface area contributed by atoms with E-state index in [-0.39, 0.29) is 11.4 Å². The lowest BCUT2D eigenvalue weighted by Crippen LogP contribution is -1.94. The quantitative estimate of drug-likeness (QED) is 0.343. The van der Waals surface area contributed by atoms with Gasteiger partial charge in [0.1, 0.15) is 0 Å². The fraction of sp³-hybridized carbons (Fsp3) is 0. The van der Waals surface area contributed by atoms with Crippen LogP contribution in [0.25, 0.3) is 0 Å². The standard InChI is InChI=1S/C20H14N4O4/c25-23(26)19-11-5-1-7-15(19)13-21-17-9-3-4-10-18(17)22-14-16-8-2-6-12-20(16)24(27)28/h1-14H. The second-order valence-corrected chi connectivity index (χ2v) is 5.64. The molecule has 0 saturated heterocycles. The Bertz CT molecular complexity index is 1010. The summed E-state index contributed by atoms with van der Waals surface area (Å²) in [6.45, 7) is 0. The number of hydrogen-bond acceptors (Lipinski definition) is 6. The minimum atomic E-state index is -0.472. The molecule has 3 aromatic rings. The summed E-state index contributed by atoms with van der Waals surface area (Å²) >= 11 is 0. The number of hydrogen-bond donors (Lipinski definition) is 0. The van der Waals surface area contributed by atoms with E-state index >= 15 is 0 Å². The van der Waals surface area contributed by atoms with Gasteiger partial charge in [0.15, 0.2) is 0 Å². The molecule has 0 N–H and O–H groups in total. The van der Waals surface area contributed by atoms with Crippen molar-refractivity contribution < 1.29 is 9.85 Å². The van der Waals surface area contributed by atoms with Crippen molar-refractivity contribution in [1.29, 1.82) is 0 Å². The lowest BCUT2D eigenvalue weighted by atomic mass is 10.2. The van der Waals surface area contributed by atoms with Gasteiger partial charge in [0.05, 0.1) is 32.3 Å². The first-order chi connectivity index (χ1) is 13.6. The van der Waals surface area contributed by atoms with Gasteiger partial charge in [-0.05, 0) is 24.3 Å². The molecule has 138 valence electrons. The monoisotopic (exact) mass is 374 g/mol. The lowest BCUT2D eigenvalue weighted by Gasteiger charge is -2.01. The maximum Gasteiger partial charge on any atom is 0.278 e. The minimum Gasteiger partial charge on any atom is -0.258 e. The van der Waals surface area contributed by atoms with Gasteiger partial charge in [0, 0.05) is 24.6 Å². The molecular formula is C20H14N4O4. The number of aliphatic imine (C=N–C) groups is 2. The van der Waals surface area contributed by atoms with E-state index in [2.05, 4.69) is 9.98 Å². The van der Waals surface area contributed by atoms with Gasteiger partial charge in [-0.1, -0.05) is 36.4 Å². The average Bonchev–Trinajstić information content (AvgIpc) is 2.71. The molecule has 0 heterocycles. The van der Waals surface area contributed by atoms with Crippen LogP contribution in [-0.4, -0.2) is 22.3 Å². The summed E-state index contributed by atoms with van der Waals surface area (Å²) < 4.78 is 0. The van der Waals surface area contributed by atoms with Crippen molar-refractivity contribution in [3.05, 3.63) is 104 Å². The van der Waals surface area contributed by atoms with Crippen LogP contribution >= 0.6 is 0 Å². The summed E-state index contributed by atoms with van der Waals surface area (Å²) in [7, 11) is 0. The van der Waals surface area contributed by atoms with Crippen molar-refractivity contribution in [2.75, 3.05) is 0 Å². The van der Waals surface area contributed by atoms with E-state index in [1.807, 2.05) is 0 Å². The van der Waals surface area contributed by atoms with Crippen LogP contribution in [0.4, 0.5) is 22.7 Å². The van der Waals surface area contributed by atoms with E-state index in [0.29, 0.717) is 22.5 Å². The number of nitrogens with zero attached hydrogens (tertiary/aromatic N) is 4. The minimum absolute atomic E-state index is 0.0489. The number of nitro groups is 2. The highest BCUT2D eigenvalue weighted by Crippen LogP contribution is 2.28. The van der Waals surface area contributed by atoms with Crippen molar-refractivity contribution in [1.82, 2.24) is 0 Å². The first kappa shape index (κ1) is 18.6. The van der Waals surface area contributed by atoms with Crippen LogP contribution in [0.1, 0.15) is 11.1 Å². The van der Waals surface area contributed by atoms with Crippen LogP contribution in [-0.2, 0) is 0 Å². The van der Waals surface area contributed by atoms with Gasteiger partial charge in [-0.15, -0.1) is 0 Å². The zero-order valence-corrected chi connectivity index (χ0v) is 14.5. The smallest absolute Gasteiger partial charge is 0.258 e. The van der Waals surface area contributed by atoms with Crippen LogP contribution in [0, 0.1) is 20.2 Å². The fourth-order valence-electron chi connectivity index (χ4n) is 2.49. The molecule has 0 amide bonds. The number of nitro benzene ring substituents is 2. The van der Waals surface area contributed by atoms with Crippen molar-refractivity contribution in [3.8, 4) is 0 Å². The van der Waals surface area contributed by atoms with Crippen molar-refractivity contribution in [3.63, 3.8) is 0 Å². The van der Waals surface area contributed by atoms with E-state index in [4.69, 9.17) is 0 Å². The highest BCUT2D eigenvalue weighted by Gasteiger charge is 2.11. The van der Waals surface area contributed by atoms with E-state index in [9.17, 15) is 20.2 Å². The fourth-order valence-corrected chi connectivity index (χ4v) is 2.49. The molecule has 0 atom stereocenters. The first-order valence-electron chi connectivity index (χ1n) is 8.20. The average molecular weight is 374 g/mol. The molecule has 3 aromatic carbocycles. The second-order valence-electron chi connectivity index (χ2n) is 5.64. The van der Waals surface area contributed by atoms with Crippen LogP contribution in [0.5, 0.6) is 0 Å². The first-order valence-corrected chi connectivity index (χ1v) is 8.20. The zero-order valence-electron chi connectivity index (χ0n) is 14.5. The largest absolute Gasteiger partial charge is 0.278 e. The molecule has 0 aliphatic heterocycles. The van der Waals surface area contributed by atoms with Gasteiger partial charge in [-0.25, -0.2) is 0 Å². The molecule has 0 spiro atoms. The molecule has 0 fully saturated rings. The summed E-state index contributed by atoms with van der Waals surface area (Å²) in [6.07, 6.45) is 2.80. The third-order valence-corrected chi connectivity index (χ3v) is 3.83. The summed E-state index contributed by atoms with van der Waals surface area (Å²) in [6, 6.07) is 19.5. The van der Waals surface area contributed by atoms with Crippen molar-refractivity contribution in [2.24, 2.45) is 9.98 Å². The molecule has 3 rings (SSSR count). The molecule has 0 saturated carbocycles. The number of para-hydroxylation sites is 4. The molecule has 0 aliphatic carbocycles. The molecule has 0 aliphatic rings. The second kappa shape index (κ2) is 8.45. The van der Waals surface area contributed by atoms with Crippen LogP contribution in [0.2, 0.25) is 0 Å². The third-order valence-electron chi connectivity index (χ3n) is 3.83. The van der Waals surface area contributed by atoms with Gasteiger partial charge >= 0.3 is 0 Å². The molecule has 0 unspecified atom stereocenters. The molecule has 0 aromatic heterocycles. The van der Waals surface area contributed by atoms with Crippen molar-refractivity contribution in [2.45, 2.75) is 0 Å². The normalized spacial score (nSPS) is 11.1. The number of rotatable bonds is 6. The topological polar surface area (TPSA) is 111 Å². The van der Waals surface area contributed by atoms with E-state index in [1.54, 1.807) is 60.7 Å². The van der Waals surface area contributed by atoms with Gasteiger partial charge in [0.25, 0.3) is 11.4 Å². The Morgan fingerprint density at radius 2 is 0.964 bits per heavy atom. The molecule has 8 heteroatoms. The SMILES string of the molecule is O=[N+]([O-])c1ccccc1C=Nc1ccccc1N=Cc1ccccc1[N+](=O)[O-]. The molecule has 0 bridgehead atoms. The predicted molar refractivity (Wildman–Crippen MR) is 107 cm³/mol. The highest BCUT2D eigenvalue weighted by molar-refractivity contribution is 5.90. The zero-order chi connectivity index (χ0) is 19.9. The Morgan fingerprint density at radius 3 is 1.36 bits per heavy atom. The predicted octanol–water partition coefficient (Wildman–Crippen LogP) is 5.00. The van der Waals surface area contributed by atoms with Crippen LogP contribution in [0.15, 0.2) is 82.8 Å². The summed E-state index contributed by atoms with van der Waals surface area (Å²) in [5.74, 6) is 0. The Hall–Kier alpha value is -4.20. The Balaban J connectivity index is 1.93. The van der Waals surface area contributed by atoms with Gasteiger partial charge in [0.2, 0.25) is 0 Å². The van der Waals surface area contributed by atoms with Crippen molar-refractivity contribution >= 4 is 35.2 Å². The van der Waals surface area contributed by atoms with Gasteiger partial charge < -0.3 is 0 Å². The van der Waals surface area contributed by atoms with Gasteiger partial charge in [-0.3, -0.25) is 30.2 Å². The summed E-state index contributed by atoms with van der Waals surface area (Å²) in [5, 5.41) is 22.2. The summed E-state index contributed by atoms with van der Waals surface area (Å²) in [5.41, 5.74) is 1.60. The molecule has 8 nitrogen and oxygen atoms in total. The maximum absolute atomic E-state index is 11.1. The van der Waals surface area contributed by atoms with Crippen LogP contribution in [0.3, 0.4) is 0 Å². The van der Waals surface area contributed by atoms with Crippen LogP contribution < -0.4 is 0 Å². The maximum atomic E-state index is 11.1. The highest BCUT2D eigenvalue weighted by atomic mass is 16.6.